The Kier molecular flexibility index (Phi) is 7.39. The summed E-state index contributed by atoms with van der Waals surface area (Å²) in [5.74, 6) is 0.437. The van der Waals surface area contributed by atoms with Crippen LogP contribution in [0.3, 0.4) is 0 Å². The standard InChI is InChI=1S/C20H17ClINO4S/c1-26-9-8-23-19(24)18(28-20(23)25)11-13-6-7-17(16(22)10-13)27-12-14-4-2-3-5-15(14)21/h2-7,10-11H,8-9,12H2,1H3/b18-11+. The molecule has 0 atom stereocenters. The number of methoxy groups -OCH3 is 1. The lowest BCUT2D eigenvalue weighted by atomic mass is 10.2. The summed E-state index contributed by atoms with van der Waals surface area (Å²) in [7, 11) is 1.53. The van der Waals surface area contributed by atoms with E-state index in [1.54, 1.807) is 6.08 Å². The quantitative estimate of drug-likeness (QED) is 0.364. The van der Waals surface area contributed by atoms with Gasteiger partial charge < -0.3 is 9.47 Å². The molecule has 2 aromatic carbocycles. The van der Waals surface area contributed by atoms with Crippen molar-refractivity contribution in [3.63, 3.8) is 0 Å². The van der Waals surface area contributed by atoms with Crippen LogP contribution in [0.15, 0.2) is 47.4 Å². The zero-order valence-electron chi connectivity index (χ0n) is 15.0. The first-order valence-electron chi connectivity index (χ1n) is 8.39. The summed E-state index contributed by atoms with van der Waals surface area (Å²) in [5, 5.41) is 0.390. The number of carbonyl (C=O) groups is 2. The number of hydrogen-bond donors (Lipinski definition) is 0. The van der Waals surface area contributed by atoms with Crippen LogP contribution in [0.2, 0.25) is 5.02 Å². The second-order valence-corrected chi connectivity index (χ2v) is 8.46. The Morgan fingerprint density at radius 3 is 2.71 bits per heavy atom. The Morgan fingerprint density at radius 1 is 1.21 bits per heavy atom. The smallest absolute Gasteiger partial charge is 0.293 e. The number of nitrogens with zero attached hydrogens (tertiary/aromatic N) is 1. The van der Waals surface area contributed by atoms with Gasteiger partial charge in [0.15, 0.2) is 0 Å². The average Bonchev–Trinajstić information content (AvgIpc) is 2.93. The van der Waals surface area contributed by atoms with Gasteiger partial charge >= 0.3 is 0 Å². The third kappa shape index (κ3) is 5.08. The summed E-state index contributed by atoms with van der Waals surface area (Å²) in [4.78, 5) is 26.0. The molecule has 1 aliphatic heterocycles. The Morgan fingerprint density at radius 2 is 2.00 bits per heavy atom. The number of thioether (sulfide) groups is 1. The lowest BCUT2D eigenvalue weighted by Gasteiger charge is -2.11. The zero-order valence-corrected chi connectivity index (χ0v) is 18.7. The maximum Gasteiger partial charge on any atom is 0.293 e. The number of halogens is 2. The molecule has 2 aromatic rings. The van der Waals surface area contributed by atoms with Gasteiger partial charge in [0.25, 0.3) is 11.1 Å². The fraction of sp³-hybridized carbons (Fsp3) is 0.200. The molecule has 0 spiro atoms. The van der Waals surface area contributed by atoms with Crippen molar-refractivity contribution in [3.05, 3.63) is 67.1 Å². The summed E-state index contributed by atoms with van der Waals surface area (Å²) in [6.45, 7) is 0.943. The minimum Gasteiger partial charge on any atom is -0.488 e. The summed E-state index contributed by atoms with van der Waals surface area (Å²) in [6.07, 6.45) is 1.72. The predicted molar refractivity (Wildman–Crippen MR) is 119 cm³/mol. The van der Waals surface area contributed by atoms with Crippen LogP contribution in [-0.4, -0.2) is 36.3 Å². The van der Waals surface area contributed by atoms with E-state index < -0.39 is 0 Å². The van der Waals surface area contributed by atoms with Gasteiger partial charge in [-0.25, -0.2) is 0 Å². The van der Waals surface area contributed by atoms with Crippen LogP contribution in [-0.2, 0) is 16.1 Å². The van der Waals surface area contributed by atoms with Gasteiger partial charge in [-0.05, 0) is 64.2 Å². The molecule has 0 aliphatic carbocycles. The molecule has 0 N–H and O–H groups in total. The number of rotatable bonds is 7. The van der Waals surface area contributed by atoms with Crippen LogP contribution in [0.25, 0.3) is 6.08 Å². The van der Waals surface area contributed by atoms with E-state index in [9.17, 15) is 9.59 Å². The van der Waals surface area contributed by atoms with Gasteiger partial charge in [0, 0.05) is 17.7 Å². The highest BCUT2D eigenvalue weighted by Crippen LogP contribution is 2.33. The number of amides is 2. The van der Waals surface area contributed by atoms with Crippen LogP contribution < -0.4 is 4.74 Å². The van der Waals surface area contributed by atoms with Crippen molar-refractivity contribution < 1.29 is 19.1 Å². The SMILES string of the molecule is COCCN1C(=O)S/C(=C/c2ccc(OCc3ccccc3Cl)c(I)c2)C1=O. The minimum absolute atomic E-state index is 0.255. The normalized spacial score (nSPS) is 15.5. The fourth-order valence-corrected chi connectivity index (χ4v) is 4.27. The van der Waals surface area contributed by atoms with Crippen molar-refractivity contribution in [2.24, 2.45) is 0 Å². The number of imide groups is 1. The van der Waals surface area contributed by atoms with Gasteiger partial charge in [0.2, 0.25) is 0 Å². The first kappa shape index (κ1) is 21.2. The van der Waals surface area contributed by atoms with E-state index in [0.717, 1.165) is 32.2 Å². The van der Waals surface area contributed by atoms with Gasteiger partial charge in [-0.2, -0.15) is 0 Å². The molecular weight excluding hydrogens is 513 g/mol. The lowest BCUT2D eigenvalue weighted by molar-refractivity contribution is -0.123. The second-order valence-electron chi connectivity index (χ2n) is 5.90. The lowest BCUT2D eigenvalue weighted by Crippen LogP contribution is -2.31. The van der Waals surface area contributed by atoms with Crippen molar-refractivity contribution >= 4 is 63.2 Å². The molecule has 1 fully saturated rings. The maximum absolute atomic E-state index is 12.4. The molecule has 1 heterocycles. The average molecular weight is 530 g/mol. The van der Waals surface area contributed by atoms with Crippen LogP contribution in [0, 0.1) is 3.57 Å². The van der Waals surface area contributed by atoms with Crippen LogP contribution in [0.4, 0.5) is 4.79 Å². The third-order valence-corrected chi connectivity index (χ3v) is 6.11. The molecule has 28 heavy (non-hydrogen) atoms. The van der Waals surface area contributed by atoms with E-state index in [1.165, 1.54) is 12.0 Å². The summed E-state index contributed by atoms with van der Waals surface area (Å²) < 4.78 is 11.7. The molecule has 0 unspecified atom stereocenters. The van der Waals surface area contributed by atoms with Crippen LogP contribution >= 0.6 is 46.0 Å². The third-order valence-electron chi connectivity index (χ3n) is 3.99. The minimum atomic E-state index is -0.291. The molecule has 0 saturated carbocycles. The zero-order chi connectivity index (χ0) is 20.1. The highest BCUT2D eigenvalue weighted by Gasteiger charge is 2.34. The van der Waals surface area contributed by atoms with E-state index in [2.05, 4.69) is 22.6 Å². The fourth-order valence-electron chi connectivity index (χ4n) is 2.52. The molecule has 1 aliphatic rings. The largest absolute Gasteiger partial charge is 0.488 e. The number of ether oxygens (including phenoxy) is 2. The molecule has 2 amide bonds. The van der Waals surface area contributed by atoms with Crippen molar-refractivity contribution in [1.82, 2.24) is 4.90 Å². The van der Waals surface area contributed by atoms with Gasteiger partial charge in [-0.3, -0.25) is 14.5 Å². The number of benzene rings is 2. The highest BCUT2D eigenvalue weighted by molar-refractivity contribution is 14.1. The molecule has 0 aromatic heterocycles. The second kappa shape index (κ2) is 9.78. The van der Waals surface area contributed by atoms with Gasteiger partial charge in [0.05, 0.1) is 21.6 Å². The van der Waals surface area contributed by atoms with E-state index in [1.807, 2.05) is 42.5 Å². The maximum atomic E-state index is 12.4. The summed E-state index contributed by atoms with van der Waals surface area (Å²) in [5.41, 5.74) is 1.74. The van der Waals surface area contributed by atoms with E-state index >= 15 is 0 Å². The highest BCUT2D eigenvalue weighted by atomic mass is 127. The Labute approximate surface area is 186 Å². The predicted octanol–water partition coefficient (Wildman–Crippen LogP) is 5.21. The number of carbonyl (C=O) groups excluding carboxylic acids is 2. The number of hydrogen-bond acceptors (Lipinski definition) is 5. The van der Waals surface area contributed by atoms with E-state index in [-0.39, 0.29) is 17.7 Å². The molecular formula is C20H17ClINO4S. The topological polar surface area (TPSA) is 55.8 Å². The molecule has 146 valence electrons. The van der Waals surface area contributed by atoms with Gasteiger partial charge in [-0.1, -0.05) is 35.9 Å². The first-order valence-corrected chi connectivity index (χ1v) is 10.7. The Balaban J connectivity index is 1.70. The van der Waals surface area contributed by atoms with E-state index in [4.69, 9.17) is 21.1 Å². The Bertz CT molecular complexity index is 934. The molecule has 3 rings (SSSR count). The van der Waals surface area contributed by atoms with Crippen molar-refractivity contribution in [2.75, 3.05) is 20.3 Å². The van der Waals surface area contributed by atoms with Crippen molar-refractivity contribution in [2.45, 2.75) is 6.61 Å². The van der Waals surface area contributed by atoms with Crippen molar-refractivity contribution in [1.29, 1.82) is 0 Å². The van der Waals surface area contributed by atoms with E-state index in [0.29, 0.717) is 23.1 Å². The van der Waals surface area contributed by atoms with Gasteiger partial charge in [0.1, 0.15) is 12.4 Å². The van der Waals surface area contributed by atoms with Gasteiger partial charge in [-0.15, -0.1) is 0 Å². The summed E-state index contributed by atoms with van der Waals surface area (Å²) in [6, 6.07) is 13.1. The van der Waals surface area contributed by atoms with Crippen molar-refractivity contribution in [3.8, 4) is 5.75 Å². The first-order chi connectivity index (χ1) is 13.5. The molecule has 5 nitrogen and oxygen atoms in total. The summed E-state index contributed by atoms with van der Waals surface area (Å²) >= 11 is 9.28. The Hall–Kier alpha value is -1.55. The monoisotopic (exact) mass is 529 g/mol. The van der Waals surface area contributed by atoms with Crippen LogP contribution in [0.5, 0.6) is 5.75 Å². The molecule has 8 heteroatoms. The molecule has 0 bridgehead atoms. The molecule has 1 saturated heterocycles. The molecule has 0 radical (unpaired) electrons. The van der Waals surface area contributed by atoms with Crippen LogP contribution in [0.1, 0.15) is 11.1 Å².